The zero-order valence-corrected chi connectivity index (χ0v) is 10.6. The van der Waals surface area contributed by atoms with Crippen LogP contribution in [0.4, 0.5) is 0 Å². The van der Waals surface area contributed by atoms with E-state index < -0.39 is 0 Å². The van der Waals surface area contributed by atoms with Crippen molar-refractivity contribution in [3.8, 4) is 0 Å². The molecule has 1 heterocycles. The number of likely N-dealkylation sites (N-methyl/N-ethyl adjacent to an activating group) is 2. The molecule has 3 heteroatoms. The van der Waals surface area contributed by atoms with E-state index in [-0.39, 0.29) is 0 Å². The second kappa shape index (κ2) is 6.70. The molecule has 1 aliphatic heterocycles. The first kappa shape index (κ1) is 12.3. The molecule has 0 aromatic carbocycles. The lowest BCUT2D eigenvalue weighted by atomic mass is 10.1. The molecule has 0 aromatic heterocycles. The summed E-state index contributed by atoms with van der Waals surface area (Å²) < 4.78 is 0. The number of nitrogens with zero attached hydrogens (tertiary/aromatic N) is 1. The first-order valence-electron chi connectivity index (χ1n) is 5.80. The third-order valence-electron chi connectivity index (χ3n) is 3.16. The largest absolute Gasteiger partial charge is 0.315 e. The van der Waals surface area contributed by atoms with Crippen molar-refractivity contribution in [1.29, 1.82) is 0 Å². The molecule has 2 atom stereocenters. The highest BCUT2D eigenvalue weighted by Crippen LogP contribution is 2.23. The molecule has 0 spiro atoms. The van der Waals surface area contributed by atoms with E-state index in [2.05, 4.69) is 42.9 Å². The van der Waals surface area contributed by atoms with Crippen molar-refractivity contribution in [3.63, 3.8) is 0 Å². The van der Waals surface area contributed by atoms with Crippen LogP contribution in [0.15, 0.2) is 0 Å². The molecule has 0 aliphatic carbocycles. The Morgan fingerprint density at radius 2 is 2.29 bits per heavy atom. The van der Waals surface area contributed by atoms with Crippen LogP contribution in [0, 0.1) is 0 Å². The second-order valence-electron chi connectivity index (χ2n) is 4.05. The summed E-state index contributed by atoms with van der Waals surface area (Å²) in [6.07, 6.45) is 2.63. The average Bonchev–Trinajstić information content (AvgIpc) is 2.71. The van der Waals surface area contributed by atoms with Gasteiger partial charge in [0.2, 0.25) is 0 Å². The third kappa shape index (κ3) is 3.44. The van der Waals surface area contributed by atoms with Crippen LogP contribution >= 0.6 is 11.8 Å². The van der Waals surface area contributed by atoms with Crippen LogP contribution in [0.1, 0.15) is 26.7 Å². The van der Waals surface area contributed by atoms with Gasteiger partial charge in [-0.05, 0) is 32.2 Å². The van der Waals surface area contributed by atoms with Gasteiger partial charge in [-0.1, -0.05) is 13.8 Å². The lowest BCUT2D eigenvalue weighted by Crippen LogP contribution is -2.45. The number of hydrogen-bond acceptors (Lipinski definition) is 3. The Balaban J connectivity index is 2.33. The van der Waals surface area contributed by atoms with E-state index in [9.17, 15) is 0 Å². The number of rotatable bonds is 6. The summed E-state index contributed by atoms with van der Waals surface area (Å²) in [6.45, 7) is 6.70. The number of thioether (sulfide) groups is 1. The molecule has 84 valence electrons. The van der Waals surface area contributed by atoms with E-state index in [1.165, 1.54) is 24.3 Å². The molecule has 0 aromatic rings. The highest BCUT2D eigenvalue weighted by atomic mass is 32.2. The van der Waals surface area contributed by atoms with Crippen LogP contribution in [0.25, 0.3) is 0 Å². The van der Waals surface area contributed by atoms with E-state index in [1.54, 1.807) is 0 Å². The summed E-state index contributed by atoms with van der Waals surface area (Å²) in [6, 6.07) is 1.54. The minimum Gasteiger partial charge on any atom is -0.315 e. The second-order valence-corrected chi connectivity index (χ2v) is 5.20. The first-order valence-corrected chi connectivity index (χ1v) is 6.95. The maximum atomic E-state index is 3.46. The van der Waals surface area contributed by atoms with E-state index >= 15 is 0 Å². The summed E-state index contributed by atoms with van der Waals surface area (Å²) >= 11 is 2.10. The van der Waals surface area contributed by atoms with Crippen molar-refractivity contribution in [2.45, 2.75) is 38.8 Å². The van der Waals surface area contributed by atoms with Crippen molar-refractivity contribution in [3.05, 3.63) is 0 Å². The van der Waals surface area contributed by atoms with Crippen LogP contribution < -0.4 is 5.32 Å². The molecular weight excluding hydrogens is 192 g/mol. The van der Waals surface area contributed by atoms with E-state index in [1.807, 2.05) is 0 Å². The molecule has 14 heavy (non-hydrogen) atoms. The van der Waals surface area contributed by atoms with Crippen LogP contribution in [0.5, 0.6) is 0 Å². The van der Waals surface area contributed by atoms with Gasteiger partial charge in [-0.15, -0.1) is 0 Å². The SMILES string of the molecule is CCNCC(CC)N(C)C1CCSC1. The van der Waals surface area contributed by atoms with Gasteiger partial charge in [-0.25, -0.2) is 0 Å². The normalized spacial score (nSPS) is 24.4. The summed E-state index contributed by atoms with van der Waals surface area (Å²) in [5.41, 5.74) is 0. The topological polar surface area (TPSA) is 15.3 Å². The van der Waals surface area contributed by atoms with Gasteiger partial charge >= 0.3 is 0 Å². The quantitative estimate of drug-likeness (QED) is 0.729. The Morgan fingerprint density at radius 3 is 2.79 bits per heavy atom. The van der Waals surface area contributed by atoms with Crippen molar-refractivity contribution in [1.82, 2.24) is 10.2 Å². The maximum Gasteiger partial charge on any atom is 0.0218 e. The fourth-order valence-electron chi connectivity index (χ4n) is 2.03. The Bertz CT molecular complexity index is 146. The molecule has 0 amide bonds. The summed E-state index contributed by atoms with van der Waals surface area (Å²) in [4.78, 5) is 2.59. The minimum absolute atomic E-state index is 0.721. The summed E-state index contributed by atoms with van der Waals surface area (Å²) in [7, 11) is 2.29. The van der Waals surface area contributed by atoms with Crippen LogP contribution in [0.2, 0.25) is 0 Å². The smallest absolute Gasteiger partial charge is 0.0218 e. The Kier molecular flexibility index (Phi) is 5.90. The Hall–Kier alpha value is 0.270. The van der Waals surface area contributed by atoms with Gasteiger partial charge in [0.25, 0.3) is 0 Å². The highest BCUT2D eigenvalue weighted by Gasteiger charge is 2.24. The Labute approximate surface area is 92.8 Å². The van der Waals surface area contributed by atoms with Gasteiger partial charge < -0.3 is 5.32 Å². The van der Waals surface area contributed by atoms with Crippen LogP contribution in [-0.2, 0) is 0 Å². The van der Waals surface area contributed by atoms with Crippen molar-refractivity contribution >= 4 is 11.8 Å². The summed E-state index contributed by atoms with van der Waals surface area (Å²) in [5, 5.41) is 3.46. The van der Waals surface area contributed by atoms with E-state index in [0.717, 1.165) is 25.2 Å². The van der Waals surface area contributed by atoms with Crippen LogP contribution in [0.3, 0.4) is 0 Å². The van der Waals surface area contributed by atoms with Gasteiger partial charge in [0.15, 0.2) is 0 Å². The molecule has 0 radical (unpaired) electrons. The van der Waals surface area contributed by atoms with E-state index in [4.69, 9.17) is 0 Å². The third-order valence-corrected chi connectivity index (χ3v) is 4.30. The van der Waals surface area contributed by atoms with E-state index in [0.29, 0.717) is 0 Å². The van der Waals surface area contributed by atoms with Gasteiger partial charge in [-0.3, -0.25) is 4.90 Å². The predicted octanol–water partition coefficient (Wildman–Crippen LogP) is 1.81. The standard InChI is InChI=1S/C11H24N2S/c1-4-10(8-12-5-2)13(3)11-6-7-14-9-11/h10-12H,4-9H2,1-3H3. The number of nitrogens with one attached hydrogen (secondary N) is 1. The van der Waals surface area contributed by atoms with Gasteiger partial charge in [0, 0.05) is 24.4 Å². The predicted molar refractivity (Wildman–Crippen MR) is 66.1 cm³/mol. The summed E-state index contributed by atoms with van der Waals surface area (Å²) in [5.74, 6) is 2.69. The Morgan fingerprint density at radius 1 is 1.50 bits per heavy atom. The molecular formula is C11H24N2S. The monoisotopic (exact) mass is 216 g/mol. The molecule has 2 unspecified atom stereocenters. The lowest BCUT2D eigenvalue weighted by Gasteiger charge is -2.32. The molecule has 1 saturated heterocycles. The highest BCUT2D eigenvalue weighted by molar-refractivity contribution is 7.99. The van der Waals surface area contributed by atoms with Gasteiger partial charge in [0.1, 0.15) is 0 Å². The van der Waals surface area contributed by atoms with Crippen molar-refractivity contribution in [2.24, 2.45) is 0 Å². The number of hydrogen-bond donors (Lipinski definition) is 1. The van der Waals surface area contributed by atoms with Gasteiger partial charge in [-0.2, -0.15) is 11.8 Å². The molecule has 1 fully saturated rings. The minimum atomic E-state index is 0.721. The molecule has 0 bridgehead atoms. The zero-order chi connectivity index (χ0) is 10.4. The zero-order valence-electron chi connectivity index (χ0n) is 9.75. The molecule has 1 N–H and O–H groups in total. The van der Waals surface area contributed by atoms with Crippen molar-refractivity contribution < 1.29 is 0 Å². The molecule has 1 aliphatic rings. The molecule has 0 saturated carbocycles. The maximum absolute atomic E-state index is 3.46. The van der Waals surface area contributed by atoms with Gasteiger partial charge in [0.05, 0.1) is 0 Å². The molecule has 1 rings (SSSR count). The molecule has 2 nitrogen and oxygen atoms in total. The average molecular weight is 216 g/mol. The fourth-order valence-corrected chi connectivity index (χ4v) is 3.31. The first-order chi connectivity index (χ1) is 6.79. The lowest BCUT2D eigenvalue weighted by molar-refractivity contribution is 0.179. The van der Waals surface area contributed by atoms with Crippen molar-refractivity contribution in [2.75, 3.05) is 31.6 Å². The fraction of sp³-hybridized carbons (Fsp3) is 1.00. The van der Waals surface area contributed by atoms with Crippen LogP contribution in [-0.4, -0.2) is 48.6 Å².